The zero-order chi connectivity index (χ0) is 22.4. The van der Waals surface area contributed by atoms with Gasteiger partial charge in [0.25, 0.3) is 5.91 Å². The van der Waals surface area contributed by atoms with Crippen molar-refractivity contribution in [1.82, 2.24) is 9.88 Å². The summed E-state index contributed by atoms with van der Waals surface area (Å²) >= 11 is 1.08. The quantitative estimate of drug-likeness (QED) is 0.414. The number of ether oxygens (including phenoxy) is 2. The minimum absolute atomic E-state index is 0. The zero-order valence-corrected chi connectivity index (χ0v) is 19.8. The molecule has 0 N–H and O–H groups in total. The Morgan fingerprint density at radius 1 is 1.06 bits per heavy atom. The number of carbonyl (C=O) groups is 1. The van der Waals surface area contributed by atoms with Gasteiger partial charge in [-0.2, -0.15) is 0 Å². The van der Waals surface area contributed by atoms with Gasteiger partial charge in [0, 0.05) is 12.6 Å². The number of halogens is 3. The van der Waals surface area contributed by atoms with Gasteiger partial charge in [-0.25, -0.2) is 13.8 Å². The van der Waals surface area contributed by atoms with Crippen LogP contribution in [0, 0.1) is 11.6 Å². The monoisotopic (exact) mass is 485 g/mol. The topological polar surface area (TPSA) is 54.9 Å². The standard InChI is InChI=1S/C22H25F2N3O3S.ClH/c1-4-29-16-6-8-17(9-7-16)30-14-20(28)27(11-5-10-26(2)3)22-25-21-18(24)12-15(23)13-19(21)31-22;/h6-9,12-13H,4-5,10-11,14H2,1-3H3;1H. The van der Waals surface area contributed by atoms with Gasteiger partial charge in [0.15, 0.2) is 17.6 Å². The number of benzene rings is 2. The lowest BCUT2D eigenvalue weighted by Crippen LogP contribution is -2.36. The molecule has 174 valence electrons. The second kappa shape index (κ2) is 11.9. The molecule has 3 aromatic rings. The molecular weight excluding hydrogens is 460 g/mol. The second-order valence-electron chi connectivity index (χ2n) is 7.13. The molecule has 1 aromatic heterocycles. The lowest BCUT2D eigenvalue weighted by molar-refractivity contribution is -0.120. The van der Waals surface area contributed by atoms with Crippen LogP contribution in [0.3, 0.4) is 0 Å². The van der Waals surface area contributed by atoms with Crippen LogP contribution in [-0.2, 0) is 4.79 Å². The molecule has 0 saturated carbocycles. The molecule has 0 atom stereocenters. The van der Waals surface area contributed by atoms with Gasteiger partial charge in [0.1, 0.15) is 22.8 Å². The highest BCUT2D eigenvalue weighted by Gasteiger charge is 2.22. The van der Waals surface area contributed by atoms with Gasteiger partial charge in [0.2, 0.25) is 0 Å². The maximum Gasteiger partial charge on any atom is 0.266 e. The number of hydrogen-bond acceptors (Lipinski definition) is 6. The van der Waals surface area contributed by atoms with E-state index in [4.69, 9.17) is 9.47 Å². The number of aromatic nitrogens is 1. The summed E-state index contributed by atoms with van der Waals surface area (Å²) in [6.45, 7) is 3.40. The Morgan fingerprint density at radius 3 is 2.34 bits per heavy atom. The minimum Gasteiger partial charge on any atom is -0.494 e. The number of rotatable bonds is 10. The number of fused-ring (bicyclic) bond motifs is 1. The smallest absolute Gasteiger partial charge is 0.266 e. The third-order valence-electron chi connectivity index (χ3n) is 4.42. The molecule has 6 nitrogen and oxygen atoms in total. The van der Waals surface area contributed by atoms with Crippen LogP contribution >= 0.6 is 23.7 Å². The first-order valence-electron chi connectivity index (χ1n) is 9.93. The molecule has 0 aliphatic rings. The van der Waals surface area contributed by atoms with Crippen molar-refractivity contribution in [1.29, 1.82) is 0 Å². The third-order valence-corrected chi connectivity index (χ3v) is 5.44. The Morgan fingerprint density at radius 2 is 1.72 bits per heavy atom. The molecule has 10 heteroatoms. The lowest BCUT2D eigenvalue weighted by Gasteiger charge is -2.21. The summed E-state index contributed by atoms with van der Waals surface area (Å²) in [5.74, 6) is -0.487. The van der Waals surface area contributed by atoms with Crippen molar-refractivity contribution < 1.29 is 23.0 Å². The SMILES string of the molecule is CCOc1ccc(OCC(=O)N(CCCN(C)C)c2nc3c(F)cc(F)cc3s2)cc1.Cl. The first-order chi connectivity index (χ1) is 14.9. The van der Waals surface area contributed by atoms with Crippen molar-refractivity contribution in [3.63, 3.8) is 0 Å². The van der Waals surface area contributed by atoms with Gasteiger partial charge in [-0.3, -0.25) is 9.69 Å². The molecule has 1 amide bonds. The number of carbonyl (C=O) groups excluding carboxylic acids is 1. The number of hydrogen-bond donors (Lipinski definition) is 0. The average Bonchev–Trinajstić information content (AvgIpc) is 3.14. The summed E-state index contributed by atoms with van der Waals surface area (Å²) in [6.07, 6.45) is 0.689. The number of nitrogens with zero attached hydrogens (tertiary/aromatic N) is 3. The van der Waals surface area contributed by atoms with Crippen molar-refractivity contribution in [2.75, 3.05) is 45.3 Å². The molecule has 0 bridgehead atoms. The predicted octanol–water partition coefficient (Wildman–Crippen LogP) is 4.76. The molecule has 2 aromatic carbocycles. The van der Waals surface area contributed by atoms with Crippen LogP contribution in [0.25, 0.3) is 10.2 Å². The lowest BCUT2D eigenvalue weighted by atomic mass is 10.3. The van der Waals surface area contributed by atoms with Gasteiger partial charge in [0.05, 0.1) is 11.3 Å². The van der Waals surface area contributed by atoms with Crippen LogP contribution < -0.4 is 14.4 Å². The van der Waals surface area contributed by atoms with E-state index in [1.807, 2.05) is 25.9 Å². The highest BCUT2D eigenvalue weighted by atomic mass is 35.5. The van der Waals surface area contributed by atoms with Crippen molar-refractivity contribution in [2.45, 2.75) is 13.3 Å². The molecule has 0 aliphatic carbocycles. The summed E-state index contributed by atoms with van der Waals surface area (Å²) in [5.41, 5.74) is 0.0549. The van der Waals surface area contributed by atoms with Crippen LogP contribution in [0.1, 0.15) is 13.3 Å². The Kier molecular flexibility index (Phi) is 9.61. The van der Waals surface area contributed by atoms with E-state index in [-0.39, 0.29) is 30.4 Å². The van der Waals surface area contributed by atoms with Gasteiger partial charge < -0.3 is 14.4 Å². The van der Waals surface area contributed by atoms with Crippen LogP contribution in [0.4, 0.5) is 13.9 Å². The normalized spacial score (nSPS) is 10.8. The molecule has 1 heterocycles. The van der Waals surface area contributed by atoms with Gasteiger partial charge in [-0.05, 0) is 64.3 Å². The Bertz CT molecular complexity index is 1030. The third kappa shape index (κ3) is 6.75. The summed E-state index contributed by atoms with van der Waals surface area (Å²) in [4.78, 5) is 20.7. The predicted molar refractivity (Wildman–Crippen MR) is 125 cm³/mol. The molecular formula is C22H26ClF2N3O3S. The summed E-state index contributed by atoms with van der Waals surface area (Å²) in [7, 11) is 3.88. The summed E-state index contributed by atoms with van der Waals surface area (Å²) < 4.78 is 39.0. The molecule has 0 aliphatic heterocycles. The molecule has 0 radical (unpaired) electrons. The Labute approximate surface area is 196 Å². The van der Waals surface area contributed by atoms with Gasteiger partial charge in [-0.15, -0.1) is 12.4 Å². The minimum atomic E-state index is -0.746. The van der Waals surface area contributed by atoms with Crippen LogP contribution in [0.5, 0.6) is 11.5 Å². The van der Waals surface area contributed by atoms with Crippen molar-refractivity contribution in [3.05, 3.63) is 48.0 Å². The molecule has 0 saturated heterocycles. The summed E-state index contributed by atoms with van der Waals surface area (Å²) in [5, 5.41) is 0.318. The fraction of sp³-hybridized carbons (Fsp3) is 0.364. The van der Waals surface area contributed by atoms with Crippen LogP contribution in [-0.4, -0.2) is 56.2 Å². The molecule has 0 unspecified atom stereocenters. The summed E-state index contributed by atoms with van der Waals surface area (Å²) in [6, 6.07) is 9.00. The molecule has 3 rings (SSSR count). The highest BCUT2D eigenvalue weighted by molar-refractivity contribution is 7.22. The first-order valence-corrected chi connectivity index (χ1v) is 10.8. The average molecular weight is 486 g/mol. The van der Waals surface area contributed by atoms with Crippen LogP contribution in [0.2, 0.25) is 0 Å². The zero-order valence-electron chi connectivity index (χ0n) is 18.1. The largest absolute Gasteiger partial charge is 0.494 e. The fourth-order valence-electron chi connectivity index (χ4n) is 2.95. The van der Waals surface area contributed by atoms with E-state index in [0.29, 0.717) is 35.2 Å². The molecule has 0 fully saturated rings. The van der Waals surface area contributed by atoms with E-state index in [1.165, 1.54) is 11.0 Å². The maximum absolute atomic E-state index is 14.1. The van der Waals surface area contributed by atoms with Crippen molar-refractivity contribution in [3.8, 4) is 11.5 Å². The van der Waals surface area contributed by atoms with Crippen molar-refractivity contribution >= 4 is 45.0 Å². The highest BCUT2D eigenvalue weighted by Crippen LogP contribution is 2.31. The maximum atomic E-state index is 14.1. The van der Waals surface area contributed by atoms with Crippen LogP contribution in [0.15, 0.2) is 36.4 Å². The van der Waals surface area contributed by atoms with E-state index >= 15 is 0 Å². The molecule has 0 spiro atoms. The number of thiazole rings is 1. The van der Waals surface area contributed by atoms with E-state index < -0.39 is 11.6 Å². The Hall–Kier alpha value is -2.49. The number of amides is 1. The van der Waals surface area contributed by atoms with Crippen molar-refractivity contribution in [2.24, 2.45) is 0 Å². The Balaban J connectivity index is 0.00000363. The second-order valence-corrected chi connectivity index (χ2v) is 8.14. The van der Waals surface area contributed by atoms with E-state index in [9.17, 15) is 13.6 Å². The molecule has 32 heavy (non-hydrogen) atoms. The van der Waals surface area contributed by atoms with E-state index in [2.05, 4.69) is 4.98 Å². The van der Waals surface area contributed by atoms with E-state index in [1.54, 1.807) is 24.3 Å². The number of anilines is 1. The first kappa shape index (κ1) is 25.8. The van der Waals surface area contributed by atoms with Gasteiger partial charge >= 0.3 is 0 Å². The van der Waals surface area contributed by atoms with Gasteiger partial charge in [-0.1, -0.05) is 11.3 Å². The fourth-order valence-corrected chi connectivity index (χ4v) is 4.00. The van der Waals surface area contributed by atoms with E-state index in [0.717, 1.165) is 29.7 Å².